The van der Waals surface area contributed by atoms with Crippen molar-refractivity contribution in [3.05, 3.63) is 29.3 Å². The Kier molecular flexibility index (Phi) is 4.80. The van der Waals surface area contributed by atoms with Gasteiger partial charge in [0.25, 0.3) is 11.8 Å². The molecule has 2 fully saturated rings. The summed E-state index contributed by atoms with van der Waals surface area (Å²) in [5.41, 5.74) is 2.00. The summed E-state index contributed by atoms with van der Waals surface area (Å²) in [6.07, 6.45) is 3.90. The van der Waals surface area contributed by atoms with Crippen molar-refractivity contribution in [2.24, 2.45) is 4.99 Å². The van der Waals surface area contributed by atoms with E-state index >= 15 is 0 Å². The number of hydrogen-bond acceptors (Lipinski definition) is 6. The fourth-order valence-electron chi connectivity index (χ4n) is 4.11. The molecule has 2 N–H and O–H groups in total. The fraction of sp³-hybridized carbons (Fsp3) is 0.450. The van der Waals surface area contributed by atoms with Gasteiger partial charge in [0.2, 0.25) is 11.8 Å². The van der Waals surface area contributed by atoms with Gasteiger partial charge in [-0.1, -0.05) is 6.07 Å². The highest BCUT2D eigenvalue weighted by molar-refractivity contribution is 6.25. The third-order valence-corrected chi connectivity index (χ3v) is 5.70. The lowest BCUT2D eigenvalue weighted by molar-refractivity contribution is -0.136. The van der Waals surface area contributed by atoms with Crippen molar-refractivity contribution < 1.29 is 19.2 Å². The summed E-state index contributed by atoms with van der Waals surface area (Å²) in [4.78, 5) is 55.1. The number of carbonyl (C=O) groups is 4. The molecule has 1 unspecified atom stereocenters. The van der Waals surface area contributed by atoms with Crippen LogP contribution in [0.3, 0.4) is 0 Å². The first-order valence-corrected chi connectivity index (χ1v) is 9.58. The van der Waals surface area contributed by atoms with Gasteiger partial charge >= 0.3 is 0 Å². The number of rotatable bonds is 3. The highest BCUT2D eigenvalue weighted by Gasteiger charge is 2.45. The van der Waals surface area contributed by atoms with Crippen LogP contribution in [-0.2, 0) is 9.59 Å². The van der Waals surface area contributed by atoms with Crippen molar-refractivity contribution in [3.8, 4) is 0 Å². The van der Waals surface area contributed by atoms with E-state index in [2.05, 4.69) is 15.6 Å². The normalized spacial score (nSPS) is 25.0. The first kappa shape index (κ1) is 18.5. The highest BCUT2D eigenvalue weighted by Crippen LogP contribution is 2.34. The molecule has 0 spiro atoms. The molecular weight excluding hydrogens is 360 g/mol. The van der Waals surface area contributed by atoms with Crippen LogP contribution in [0.4, 0.5) is 5.69 Å². The van der Waals surface area contributed by atoms with Crippen molar-refractivity contribution in [1.82, 2.24) is 15.5 Å². The van der Waals surface area contributed by atoms with Gasteiger partial charge in [0.05, 0.1) is 16.8 Å². The Balaban J connectivity index is 1.63. The molecule has 2 heterocycles. The fourth-order valence-corrected chi connectivity index (χ4v) is 4.11. The van der Waals surface area contributed by atoms with E-state index in [9.17, 15) is 19.2 Å². The van der Waals surface area contributed by atoms with E-state index in [1.54, 1.807) is 18.2 Å². The zero-order chi connectivity index (χ0) is 19.8. The lowest BCUT2D eigenvalue weighted by Gasteiger charge is -2.27. The van der Waals surface area contributed by atoms with Crippen LogP contribution in [0.15, 0.2) is 23.2 Å². The Morgan fingerprint density at radius 2 is 1.79 bits per heavy atom. The number of nitrogens with one attached hydrogen (secondary N) is 2. The van der Waals surface area contributed by atoms with Gasteiger partial charge in [0.15, 0.2) is 0 Å². The lowest BCUT2D eigenvalue weighted by atomic mass is 9.93. The number of fused-ring (bicyclic) bond motifs is 1. The van der Waals surface area contributed by atoms with E-state index in [0.717, 1.165) is 36.3 Å². The van der Waals surface area contributed by atoms with E-state index in [4.69, 9.17) is 0 Å². The number of nitrogens with zero attached hydrogens (tertiary/aromatic N) is 2. The zero-order valence-corrected chi connectivity index (χ0v) is 15.7. The number of benzene rings is 1. The number of piperidine rings is 1. The molecule has 0 bridgehead atoms. The molecule has 3 aliphatic rings. The summed E-state index contributed by atoms with van der Waals surface area (Å²) in [6.45, 7) is 0. The monoisotopic (exact) mass is 382 g/mol. The van der Waals surface area contributed by atoms with Crippen LogP contribution in [0.5, 0.6) is 0 Å². The molecule has 8 heteroatoms. The second kappa shape index (κ2) is 7.27. The standard InChI is InChI=1S/C20H22N4O4/c1-21-11-5-7-12(8-6-11)22-14-4-2-3-13-17(14)20(28)24(19(13)27)15-9-10-16(25)23-18(15)26/h2-4,11,15,21H,5-10H2,1H3,(H,23,25,26). The maximum Gasteiger partial charge on any atom is 0.264 e. The zero-order valence-electron chi connectivity index (χ0n) is 15.7. The van der Waals surface area contributed by atoms with Crippen LogP contribution >= 0.6 is 0 Å². The van der Waals surface area contributed by atoms with E-state index in [-0.39, 0.29) is 29.9 Å². The Morgan fingerprint density at radius 3 is 2.46 bits per heavy atom. The minimum atomic E-state index is -0.961. The van der Waals surface area contributed by atoms with Gasteiger partial charge in [0.1, 0.15) is 6.04 Å². The molecule has 28 heavy (non-hydrogen) atoms. The van der Waals surface area contributed by atoms with Gasteiger partial charge in [-0.05, 0) is 51.3 Å². The molecule has 4 rings (SSSR count). The van der Waals surface area contributed by atoms with Crippen molar-refractivity contribution in [1.29, 1.82) is 0 Å². The maximum atomic E-state index is 13.1. The molecule has 1 aliphatic carbocycles. The predicted molar refractivity (Wildman–Crippen MR) is 102 cm³/mol. The number of carbonyl (C=O) groups excluding carboxylic acids is 4. The lowest BCUT2D eigenvalue weighted by Crippen LogP contribution is -2.54. The summed E-state index contributed by atoms with van der Waals surface area (Å²) < 4.78 is 0. The van der Waals surface area contributed by atoms with E-state index in [0.29, 0.717) is 11.7 Å². The smallest absolute Gasteiger partial charge is 0.264 e. The Hall–Kier alpha value is -2.87. The third-order valence-electron chi connectivity index (χ3n) is 5.70. The van der Waals surface area contributed by atoms with Crippen LogP contribution in [0.25, 0.3) is 0 Å². The Labute approximate surface area is 162 Å². The summed E-state index contributed by atoms with van der Waals surface area (Å²) in [7, 11) is 1.95. The van der Waals surface area contributed by atoms with Crippen LogP contribution in [-0.4, -0.2) is 53.4 Å². The molecule has 146 valence electrons. The molecule has 1 saturated carbocycles. The predicted octanol–water partition coefficient (Wildman–Crippen LogP) is 1.32. The van der Waals surface area contributed by atoms with Crippen LogP contribution in [0, 0.1) is 0 Å². The number of amides is 4. The third kappa shape index (κ3) is 3.13. The van der Waals surface area contributed by atoms with Gasteiger partial charge in [-0.3, -0.25) is 34.4 Å². The Bertz CT molecular complexity index is 897. The second-order valence-corrected chi connectivity index (χ2v) is 7.39. The second-order valence-electron chi connectivity index (χ2n) is 7.39. The topological polar surface area (TPSA) is 108 Å². The highest BCUT2D eigenvalue weighted by atomic mass is 16.2. The summed E-state index contributed by atoms with van der Waals surface area (Å²) in [5, 5.41) is 5.48. The molecule has 4 amide bonds. The minimum absolute atomic E-state index is 0.103. The molecule has 0 radical (unpaired) electrons. The molecule has 0 aromatic heterocycles. The van der Waals surface area contributed by atoms with Crippen molar-refractivity contribution in [2.45, 2.75) is 50.6 Å². The number of aliphatic imine (C=N–C) groups is 1. The quantitative estimate of drug-likeness (QED) is 0.767. The van der Waals surface area contributed by atoms with Crippen molar-refractivity contribution >= 4 is 35.0 Å². The SMILES string of the molecule is CNC1CCC(=Nc2cccc3c2C(=O)N(C2CCC(=O)NC2=O)C3=O)CC1. The molecule has 1 atom stereocenters. The van der Waals surface area contributed by atoms with Gasteiger partial charge < -0.3 is 5.32 Å². The largest absolute Gasteiger partial charge is 0.317 e. The minimum Gasteiger partial charge on any atom is -0.317 e. The number of imide groups is 2. The van der Waals surface area contributed by atoms with Gasteiger partial charge in [-0.25, -0.2) is 0 Å². The first-order chi connectivity index (χ1) is 13.5. The van der Waals surface area contributed by atoms with Crippen molar-refractivity contribution in [2.75, 3.05) is 7.05 Å². The molecule has 1 saturated heterocycles. The van der Waals surface area contributed by atoms with Gasteiger partial charge in [-0.15, -0.1) is 0 Å². The summed E-state index contributed by atoms with van der Waals surface area (Å²) in [5.74, 6) is -2.01. The summed E-state index contributed by atoms with van der Waals surface area (Å²) >= 11 is 0. The van der Waals surface area contributed by atoms with Crippen molar-refractivity contribution in [3.63, 3.8) is 0 Å². The van der Waals surface area contributed by atoms with Crippen LogP contribution in [0.2, 0.25) is 0 Å². The molecular formula is C20H22N4O4. The van der Waals surface area contributed by atoms with Gasteiger partial charge in [-0.2, -0.15) is 0 Å². The van der Waals surface area contributed by atoms with Gasteiger partial charge in [0, 0.05) is 18.2 Å². The van der Waals surface area contributed by atoms with Crippen LogP contribution < -0.4 is 10.6 Å². The van der Waals surface area contributed by atoms with E-state index in [1.807, 2.05) is 7.05 Å². The Morgan fingerprint density at radius 1 is 1.04 bits per heavy atom. The first-order valence-electron chi connectivity index (χ1n) is 9.58. The average molecular weight is 382 g/mol. The average Bonchev–Trinajstić information content (AvgIpc) is 2.94. The molecule has 8 nitrogen and oxygen atoms in total. The van der Waals surface area contributed by atoms with E-state index < -0.39 is 23.8 Å². The van der Waals surface area contributed by atoms with E-state index in [1.165, 1.54) is 0 Å². The van der Waals surface area contributed by atoms with Crippen LogP contribution in [0.1, 0.15) is 59.2 Å². The number of hydrogen-bond donors (Lipinski definition) is 2. The maximum absolute atomic E-state index is 13.1. The molecule has 1 aromatic rings. The summed E-state index contributed by atoms with van der Waals surface area (Å²) in [6, 6.07) is 4.54. The molecule has 2 aliphatic heterocycles. The molecule has 1 aromatic carbocycles.